The number of hydrogen-bond donors (Lipinski definition) is 2. The number of benzene rings is 1. The fourth-order valence-electron chi connectivity index (χ4n) is 3.71. The second kappa shape index (κ2) is 6.54. The van der Waals surface area contributed by atoms with Crippen molar-refractivity contribution in [1.29, 1.82) is 0 Å². The van der Waals surface area contributed by atoms with Crippen LogP contribution in [0.4, 0.5) is 0 Å². The zero-order valence-corrected chi connectivity index (χ0v) is 16.7. The van der Waals surface area contributed by atoms with Crippen LogP contribution in [0.25, 0.3) is 10.9 Å². The van der Waals surface area contributed by atoms with Crippen molar-refractivity contribution in [3.63, 3.8) is 0 Å². The van der Waals surface area contributed by atoms with Gasteiger partial charge in [0.15, 0.2) is 11.5 Å². The van der Waals surface area contributed by atoms with Crippen LogP contribution in [0.5, 0.6) is 11.5 Å². The minimum atomic E-state index is -0.206. The zero-order valence-electron chi connectivity index (χ0n) is 16.7. The molecular formula is C20H25N5O3. The Balaban J connectivity index is 1.71. The van der Waals surface area contributed by atoms with Gasteiger partial charge in [-0.25, -0.2) is 4.98 Å². The predicted octanol–water partition coefficient (Wildman–Crippen LogP) is 2.18. The number of rotatable bonds is 3. The molecule has 2 N–H and O–H groups in total. The summed E-state index contributed by atoms with van der Waals surface area (Å²) in [4.78, 5) is 27.2. The number of ether oxygens (including phenoxy) is 2. The minimum absolute atomic E-state index is 0.00210. The lowest BCUT2D eigenvalue weighted by molar-refractivity contribution is 0.139. The third-order valence-corrected chi connectivity index (χ3v) is 5.12. The van der Waals surface area contributed by atoms with Crippen molar-refractivity contribution in [2.75, 3.05) is 20.8 Å². The molecule has 4 rings (SSSR count). The first-order valence-corrected chi connectivity index (χ1v) is 9.24. The molecule has 0 saturated heterocycles. The van der Waals surface area contributed by atoms with E-state index in [1.54, 1.807) is 26.4 Å². The highest BCUT2D eigenvalue weighted by Gasteiger charge is 2.37. The summed E-state index contributed by atoms with van der Waals surface area (Å²) >= 11 is 0. The van der Waals surface area contributed by atoms with Gasteiger partial charge in [0, 0.05) is 30.4 Å². The summed E-state index contributed by atoms with van der Waals surface area (Å²) in [7, 11) is 3.10. The number of nitrogens with one attached hydrogen (secondary N) is 2. The second-order valence-electron chi connectivity index (χ2n) is 8.13. The Labute approximate surface area is 163 Å². The van der Waals surface area contributed by atoms with Crippen molar-refractivity contribution in [2.45, 2.75) is 33.0 Å². The Morgan fingerprint density at radius 3 is 2.57 bits per heavy atom. The minimum Gasteiger partial charge on any atom is -0.493 e. The summed E-state index contributed by atoms with van der Waals surface area (Å²) < 4.78 is 10.6. The molecule has 2 atom stereocenters. The van der Waals surface area contributed by atoms with E-state index in [0.29, 0.717) is 34.8 Å². The van der Waals surface area contributed by atoms with Gasteiger partial charge in [0.25, 0.3) is 5.56 Å². The van der Waals surface area contributed by atoms with Crippen LogP contribution in [0.1, 0.15) is 32.6 Å². The van der Waals surface area contributed by atoms with E-state index in [-0.39, 0.29) is 23.2 Å². The van der Waals surface area contributed by atoms with E-state index in [1.165, 1.54) is 0 Å². The first-order valence-electron chi connectivity index (χ1n) is 9.24. The molecule has 2 aromatic rings. The molecule has 0 aliphatic carbocycles. The van der Waals surface area contributed by atoms with Gasteiger partial charge in [-0.2, -0.15) is 0 Å². The van der Waals surface area contributed by atoms with Crippen LogP contribution in [0, 0.1) is 5.41 Å². The molecule has 1 aromatic carbocycles. The highest BCUT2D eigenvalue weighted by atomic mass is 16.5. The fourth-order valence-corrected chi connectivity index (χ4v) is 3.71. The zero-order chi connectivity index (χ0) is 20.1. The Morgan fingerprint density at radius 1 is 1.18 bits per heavy atom. The summed E-state index contributed by atoms with van der Waals surface area (Å²) in [5.74, 6) is 1.62. The van der Waals surface area contributed by atoms with Crippen LogP contribution in [-0.2, 0) is 0 Å². The highest BCUT2D eigenvalue weighted by Crippen LogP contribution is 2.35. The third-order valence-electron chi connectivity index (χ3n) is 5.12. The van der Waals surface area contributed by atoms with Gasteiger partial charge in [-0.1, -0.05) is 20.8 Å². The van der Waals surface area contributed by atoms with E-state index >= 15 is 0 Å². The molecule has 0 amide bonds. The monoisotopic (exact) mass is 383 g/mol. The fraction of sp³-hybridized carbons (Fsp3) is 0.450. The SMILES string of the molecule is COc1cc2nc(C3CN4C(=CN3)C=NC4C(C)(C)C)[nH]c(=O)c2cc1OC. The number of nitrogens with zero attached hydrogens (tertiary/aromatic N) is 3. The first kappa shape index (κ1) is 18.3. The molecule has 8 heteroatoms. The molecule has 2 unspecified atom stereocenters. The topological polar surface area (TPSA) is 91.8 Å². The van der Waals surface area contributed by atoms with Crippen molar-refractivity contribution in [3.8, 4) is 11.5 Å². The Hall–Kier alpha value is -3.03. The molecule has 1 aromatic heterocycles. The molecule has 2 aliphatic heterocycles. The predicted molar refractivity (Wildman–Crippen MR) is 108 cm³/mol. The quantitative estimate of drug-likeness (QED) is 0.844. The van der Waals surface area contributed by atoms with Crippen LogP contribution in [-0.4, -0.2) is 48.0 Å². The molecule has 28 heavy (non-hydrogen) atoms. The van der Waals surface area contributed by atoms with Crippen molar-refractivity contribution in [1.82, 2.24) is 20.2 Å². The molecule has 3 heterocycles. The number of H-pyrrole nitrogens is 1. The van der Waals surface area contributed by atoms with Gasteiger partial charge in [0.2, 0.25) is 0 Å². The van der Waals surface area contributed by atoms with Gasteiger partial charge in [0.05, 0.1) is 30.8 Å². The molecule has 0 fully saturated rings. The third kappa shape index (κ3) is 2.98. The summed E-state index contributed by atoms with van der Waals surface area (Å²) in [6.07, 6.45) is 3.88. The Bertz CT molecular complexity index is 1030. The lowest BCUT2D eigenvalue weighted by Gasteiger charge is -2.39. The second-order valence-corrected chi connectivity index (χ2v) is 8.13. The number of fused-ring (bicyclic) bond motifs is 2. The average molecular weight is 383 g/mol. The standard InChI is InChI=1S/C20H25N5O3/c1-20(2,3)19-22-9-11-8-21-14(10-25(11)19)17-23-13-7-16(28-5)15(27-4)6-12(13)18(26)24-17/h6-9,14,19,21H,10H2,1-5H3,(H,23,24,26). The van der Waals surface area contributed by atoms with Crippen LogP contribution < -0.4 is 20.3 Å². The van der Waals surface area contributed by atoms with Crippen LogP contribution in [0.2, 0.25) is 0 Å². The number of aromatic amines is 1. The van der Waals surface area contributed by atoms with Gasteiger partial charge in [-0.05, 0) is 6.07 Å². The summed E-state index contributed by atoms with van der Waals surface area (Å²) in [5.41, 5.74) is 1.41. The van der Waals surface area contributed by atoms with Gasteiger partial charge in [-0.15, -0.1) is 0 Å². The molecule has 0 radical (unpaired) electrons. The number of aromatic nitrogens is 2. The average Bonchev–Trinajstić information content (AvgIpc) is 3.10. The van der Waals surface area contributed by atoms with E-state index in [4.69, 9.17) is 14.5 Å². The number of allylic oxidation sites excluding steroid dienone is 1. The molecular weight excluding hydrogens is 358 g/mol. The summed E-state index contributed by atoms with van der Waals surface area (Å²) in [6.45, 7) is 7.18. The van der Waals surface area contributed by atoms with E-state index in [1.807, 2.05) is 12.4 Å². The van der Waals surface area contributed by atoms with E-state index in [9.17, 15) is 4.79 Å². The largest absolute Gasteiger partial charge is 0.493 e. The smallest absolute Gasteiger partial charge is 0.258 e. The molecule has 8 nitrogen and oxygen atoms in total. The molecule has 2 aliphatic rings. The van der Waals surface area contributed by atoms with Crippen molar-refractivity contribution >= 4 is 17.1 Å². The lowest BCUT2D eigenvalue weighted by atomic mass is 9.91. The Morgan fingerprint density at radius 2 is 1.89 bits per heavy atom. The number of aliphatic imine (C=N–C) groups is 1. The summed E-state index contributed by atoms with van der Waals surface area (Å²) in [5, 5.41) is 3.80. The normalized spacial score (nSPS) is 21.3. The van der Waals surface area contributed by atoms with E-state index in [0.717, 1.165) is 5.70 Å². The number of hydrogen-bond acceptors (Lipinski definition) is 7. The van der Waals surface area contributed by atoms with Crippen LogP contribution >= 0.6 is 0 Å². The molecule has 0 saturated carbocycles. The maximum Gasteiger partial charge on any atom is 0.258 e. The van der Waals surface area contributed by atoms with Crippen molar-refractivity contribution in [2.24, 2.45) is 10.4 Å². The van der Waals surface area contributed by atoms with Crippen molar-refractivity contribution in [3.05, 3.63) is 40.2 Å². The maximum absolute atomic E-state index is 12.7. The van der Waals surface area contributed by atoms with Crippen LogP contribution in [0.3, 0.4) is 0 Å². The first-order chi connectivity index (χ1) is 13.3. The van der Waals surface area contributed by atoms with E-state index in [2.05, 4.69) is 41.0 Å². The van der Waals surface area contributed by atoms with E-state index < -0.39 is 0 Å². The maximum atomic E-state index is 12.7. The molecule has 148 valence electrons. The summed E-state index contributed by atoms with van der Waals surface area (Å²) in [6, 6.07) is 3.23. The number of methoxy groups -OCH3 is 2. The highest BCUT2D eigenvalue weighted by molar-refractivity contribution is 5.82. The van der Waals surface area contributed by atoms with Gasteiger partial charge < -0.3 is 24.7 Å². The molecule has 0 bridgehead atoms. The van der Waals surface area contributed by atoms with Crippen molar-refractivity contribution < 1.29 is 9.47 Å². The van der Waals surface area contributed by atoms with Crippen LogP contribution in [0.15, 0.2) is 33.8 Å². The van der Waals surface area contributed by atoms with Gasteiger partial charge in [0.1, 0.15) is 18.0 Å². The lowest BCUT2D eigenvalue weighted by Crippen LogP contribution is -2.46. The molecule has 0 spiro atoms. The van der Waals surface area contributed by atoms with Gasteiger partial charge in [-0.3, -0.25) is 9.79 Å². The Kier molecular flexibility index (Phi) is 4.28. The van der Waals surface area contributed by atoms with Gasteiger partial charge >= 0.3 is 0 Å².